The molecule has 2 N–H and O–H groups in total. The second kappa shape index (κ2) is 8.79. The third-order valence-electron chi connectivity index (χ3n) is 9.81. The van der Waals surface area contributed by atoms with Crippen LogP contribution in [0, 0.1) is 28.6 Å². The highest BCUT2D eigenvalue weighted by atomic mass is 19.2. The molecule has 0 radical (unpaired) electrons. The Morgan fingerprint density at radius 3 is 2.50 bits per heavy atom. The van der Waals surface area contributed by atoms with Gasteiger partial charge in [-0.15, -0.1) is 0 Å². The van der Waals surface area contributed by atoms with Crippen LogP contribution in [0.15, 0.2) is 23.6 Å². The first-order chi connectivity index (χ1) is 16.8. The average molecular weight is 513 g/mol. The molecule has 6 nitrogen and oxygen atoms in total. The normalized spacial score (nSPS) is 45.7. The number of hydrogen-bond acceptors (Lipinski definition) is 6. The fourth-order valence-electron chi connectivity index (χ4n) is 8.15. The van der Waals surface area contributed by atoms with Crippen molar-refractivity contribution >= 4 is 17.5 Å². The van der Waals surface area contributed by atoms with Crippen molar-refractivity contribution in [3.05, 3.63) is 23.6 Å². The smallest absolute Gasteiger partial charge is 0.306 e. The zero-order valence-corrected chi connectivity index (χ0v) is 21.2. The highest BCUT2D eigenvalue weighted by Crippen LogP contribution is 2.72. The fraction of sp³-hybridized carbons (Fsp3) is 0.741. The van der Waals surface area contributed by atoms with E-state index in [1.807, 2.05) is 6.92 Å². The second-order valence-electron chi connectivity index (χ2n) is 11.5. The van der Waals surface area contributed by atoms with Crippen LogP contribution in [0.4, 0.5) is 13.2 Å². The van der Waals surface area contributed by atoms with Crippen molar-refractivity contribution in [3.8, 4) is 0 Å². The number of ketones is 2. The maximum Gasteiger partial charge on any atom is 0.306 e. The summed E-state index contributed by atoms with van der Waals surface area (Å²) in [5.74, 6) is -6.26. The summed E-state index contributed by atoms with van der Waals surface area (Å²) in [6.07, 6.45) is -1.07. The molecule has 0 bridgehead atoms. The molecule has 0 aromatic rings. The number of alkyl halides is 2. The molecule has 0 aliphatic heterocycles. The van der Waals surface area contributed by atoms with Gasteiger partial charge in [-0.1, -0.05) is 33.3 Å². The largest absolute Gasteiger partial charge is 0.450 e. The van der Waals surface area contributed by atoms with Crippen LogP contribution >= 0.6 is 0 Å². The van der Waals surface area contributed by atoms with Gasteiger partial charge in [0, 0.05) is 34.7 Å². The predicted molar refractivity (Wildman–Crippen MR) is 124 cm³/mol. The summed E-state index contributed by atoms with van der Waals surface area (Å²) in [5, 5.41) is 21.3. The summed E-state index contributed by atoms with van der Waals surface area (Å²) in [7, 11) is 0. The lowest BCUT2D eigenvalue weighted by Gasteiger charge is -2.63. The molecule has 0 amide bonds. The molecule has 0 heterocycles. The summed E-state index contributed by atoms with van der Waals surface area (Å²) in [4.78, 5) is 38.1. The Morgan fingerprint density at radius 1 is 1.22 bits per heavy atom. The predicted octanol–water partition coefficient (Wildman–Crippen LogP) is 3.88. The van der Waals surface area contributed by atoms with Gasteiger partial charge in [-0.3, -0.25) is 14.4 Å². The van der Waals surface area contributed by atoms with Crippen LogP contribution in [0.5, 0.6) is 0 Å². The lowest BCUT2D eigenvalue weighted by Crippen LogP contribution is -2.71. The highest BCUT2D eigenvalue weighted by Gasteiger charge is 2.78. The SMILES string of the molecule is CCCCC(=O)O[C@@]1(C(=O)CO)[C@H](C)C[C@H]2[C@@H]3C[C@H](F)C4=C(F)C(=O)C=C[C@]4(C)[C@@]3(F)[C@@H](O)C[C@@]21C. The zero-order chi connectivity index (χ0) is 26.8. The monoisotopic (exact) mass is 512 g/mol. The number of allylic oxidation sites excluding steroid dienone is 4. The third-order valence-corrected chi connectivity index (χ3v) is 9.81. The van der Waals surface area contributed by atoms with E-state index in [1.165, 1.54) is 6.92 Å². The van der Waals surface area contributed by atoms with Crippen LogP contribution in [-0.4, -0.2) is 57.9 Å². The summed E-state index contributed by atoms with van der Waals surface area (Å²) >= 11 is 0. The standard InChI is InChI=1S/C27H35F3O6/c1-5-6-7-21(35)36-27(20(34)13-31)14(2)10-15-16-11-17(28)22-23(29)18(32)8-9-24(22,3)26(16,30)19(33)12-25(15,27)4/h8-9,14-17,19,31,33H,5-7,10-13H2,1-4H3/t14-,15+,16+,17+,19+,24+,25+,26+,27-/m1/s1. The molecule has 9 atom stereocenters. The Labute approximate surface area is 209 Å². The number of aliphatic hydroxyl groups is 2. The molecule has 0 saturated heterocycles. The Kier molecular flexibility index (Phi) is 6.60. The number of rotatable bonds is 6. The maximum atomic E-state index is 17.3. The quantitative estimate of drug-likeness (QED) is 0.524. The van der Waals surface area contributed by atoms with Gasteiger partial charge in [0.05, 0.1) is 6.10 Å². The van der Waals surface area contributed by atoms with Gasteiger partial charge < -0.3 is 14.9 Å². The summed E-state index contributed by atoms with van der Waals surface area (Å²) in [5.41, 5.74) is -8.18. The van der Waals surface area contributed by atoms with E-state index in [4.69, 9.17) is 4.74 Å². The molecule has 9 heteroatoms. The van der Waals surface area contributed by atoms with Crippen molar-refractivity contribution in [2.75, 3.05) is 6.61 Å². The number of halogens is 3. The van der Waals surface area contributed by atoms with Gasteiger partial charge in [0.15, 0.2) is 17.1 Å². The van der Waals surface area contributed by atoms with E-state index in [0.717, 1.165) is 18.6 Å². The minimum absolute atomic E-state index is 0.0559. The van der Waals surface area contributed by atoms with Crippen LogP contribution < -0.4 is 0 Å². The van der Waals surface area contributed by atoms with Gasteiger partial charge in [-0.05, 0) is 44.6 Å². The van der Waals surface area contributed by atoms with Gasteiger partial charge in [-0.2, -0.15) is 0 Å². The molecule has 200 valence electrons. The molecule has 4 rings (SSSR count). The van der Waals surface area contributed by atoms with Crippen molar-refractivity contribution in [2.45, 2.75) is 89.8 Å². The van der Waals surface area contributed by atoms with Gasteiger partial charge in [0.2, 0.25) is 11.6 Å². The molecule has 0 spiro atoms. The topological polar surface area (TPSA) is 101 Å². The Hall–Kier alpha value is -2.00. The minimum atomic E-state index is -2.53. The molecule has 3 fully saturated rings. The summed E-state index contributed by atoms with van der Waals surface area (Å²) in [6.45, 7) is 5.59. The van der Waals surface area contributed by atoms with E-state index in [2.05, 4.69) is 0 Å². The first-order valence-corrected chi connectivity index (χ1v) is 12.8. The van der Waals surface area contributed by atoms with Crippen LogP contribution in [0.1, 0.15) is 66.2 Å². The molecule has 36 heavy (non-hydrogen) atoms. The van der Waals surface area contributed by atoms with Gasteiger partial charge in [0.1, 0.15) is 12.8 Å². The highest BCUT2D eigenvalue weighted by molar-refractivity contribution is 6.04. The molecule has 4 aliphatic carbocycles. The third kappa shape index (κ3) is 3.20. The van der Waals surface area contributed by atoms with Crippen molar-refractivity contribution in [1.82, 2.24) is 0 Å². The van der Waals surface area contributed by atoms with Gasteiger partial charge >= 0.3 is 5.97 Å². The van der Waals surface area contributed by atoms with E-state index < -0.39 is 94.1 Å². The van der Waals surface area contributed by atoms with Crippen molar-refractivity contribution in [3.63, 3.8) is 0 Å². The van der Waals surface area contributed by atoms with Crippen molar-refractivity contribution in [1.29, 1.82) is 0 Å². The molecule has 0 aromatic carbocycles. The molecular weight excluding hydrogens is 477 g/mol. The molecule has 4 aliphatic rings. The number of carbonyl (C=O) groups excluding carboxylic acids is 3. The van der Waals surface area contributed by atoms with E-state index in [0.29, 0.717) is 6.42 Å². The minimum Gasteiger partial charge on any atom is -0.450 e. The lowest BCUT2D eigenvalue weighted by atomic mass is 9.44. The van der Waals surface area contributed by atoms with Crippen LogP contribution in [0.3, 0.4) is 0 Å². The first kappa shape index (κ1) is 27.0. The fourth-order valence-corrected chi connectivity index (χ4v) is 8.15. The average Bonchev–Trinajstić information content (AvgIpc) is 3.03. The number of esters is 1. The maximum absolute atomic E-state index is 17.3. The number of aliphatic hydroxyl groups excluding tert-OH is 2. The number of ether oxygens (including phenoxy) is 1. The molecular formula is C27H35F3O6. The second-order valence-corrected chi connectivity index (χ2v) is 11.5. The number of hydrogen-bond donors (Lipinski definition) is 2. The Morgan fingerprint density at radius 2 is 1.89 bits per heavy atom. The number of Topliss-reactive ketones (excluding diaryl/α,β-unsaturated/α-hetero) is 1. The Bertz CT molecular complexity index is 1040. The van der Waals surface area contributed by atoms with E-state index >= 15 is 8.78 Å². The summed E-state index contributed by atoms with van der Waals surface area (Å²) < 4.78 is 53.6. The van der Waals surface area contributed by atoms with Crippen molar-refractivity contribution in [2.24, 2.45) is 28.6 Å². The Balaban J connectivity index is 1.85. The molecule has 3 saturated carbocycles. The zero-order valence-electron chi connectivity index (χ0n) is 21.2. The first-order valence-electron chi connectivity index (χ1n) is 12.8. The van der Waals surface area contributed by atoms with Crippen LogP contribution in [0.25, 0.3) is 0 Å². The van der Waals surface area contributed by atoms with Crippen molar-refractivity contribution < 1.29 is 42.5 Å². The van der Waals surface area contributed by atoms with E-state index in [-0.39, 0.29) is 19.3 Å². The van der Waals surface area contributed by atoms with Crippen LogP contribution in [-0.2, 0) is 19.1 Å². The van der Waals surface area contributed by atoms with Gasteiger partial charge in [-0.25, -0.2) is 13.2 Å². The van der Waals surface area contributed by atoms with E-state index in [1.54, 1.807) is 13.8 Å². The lowest BCUT2D eigenvalue weighted by molar-refractivity contribution is -0.232. The molecule has 0 unspecified atom stereocenters. The van der Waals surface area contributed by atoms with Crippen LogP contribution in [0.2, 0.25) is 0 Å². The number of carbonyl (C=O) groups is 3. The van der Waals surface area contributed by atoms with Gasteiger partial charge in [0.25, 0.3) is 0 Å². The van der Waals surface area contributed by atoms with E-state index in [9.17, 15) is 29.0 Å². The number of fused-ring (bicyclic) bond motifs is 5. The summed E-state index contributed by atoms with van der Waals surface area (Å²) in [6, 6.07) is 0. The molecule has 0 aromatic heterocycles. The number of unbranched alkanes of at least 4 members (excludes halogenated alkanes) is 1.